The fraction of sp³-hybridized carbons (Fsp3) is 0.188. The lowest BCUT2D eigenvalue weighted by Crippen LogP contribution is -2.11. The Morgan fingerprint density at radius 2 is 2.04 bits per heavy atom. The molecule has 25 heavy (non-hydrogen) atoms. The van der Waals surface area contributed by atoms with Crippen LogP contribution in [0.25, 0.3) is 11.0 Å². The van der Waals surface area contributed by atoms with Crippen molar-refractivity contribution in [3.63, 3.8) is 0 Å². The highest BCUT2D eigenvalue weighted by Gasteiger charge is 2.15. The van der Waals surface area contributed by atoms with E-state index in [0.29, 0.717) is 22.8 Å². The third-order valence-electron chi connectivity index (χ3n) is 3.70. The first kappa shape index (κ1) is 18.2. The molecule has 0 aliphatic heterocycles. The van der Waals surface area contributed by atoms with E-state index in [1.54, 1.807) is 12.1 Å². The van der Waals surface area contributed by atoms with E-state index in [4.69, 9.17) is 16.7 Å². The first-order valence-electron chi connectivity index (χ1n) is 7.39. The van der Waals surface area contributed by atoms with Crippen molar-refractivity contribution in [2.75, 3.05) is 0 Å². The summed E-state index contributed by atoms with van der Waals surface area (Å²) in [5.74, 6) is 0.139. The summed E-state index contributed by atoms with van der Waals surface area (Å²) in [6.45, 7) is 2.65. The Kier molecular flexibility index (Phi) is 5.06. The van der Waals surface area contributed by atoms with Crippen molar-refractivity contribution < 1.29 is 12.8 Å². The van der Waals surface area contributed by atoms with Gasteiger partial charge in [0.2, 0.25) is 10.0 Å². The molecule has 9 heteroatoms. The summed E-state index contributed by atoms with van der Waals surface area (Å²) in [5, 5.41) is 6.27. The molecule has 5 nitrogen and oxygen atoms in total. The number of fused-ring (bicyclic) bond motifs is 1. The lowest BCUT2D eigenvalue weighted by Gasteiger charge is -2.07. The molecule has 0 amide bonds. The molecule has 3 aromatic rings. The molecule has 0 saturated heterocycles. The number of hydrogen-bond acceptors (Lipinski definition) is 4. The predicted molar refractivity (Wildman–Crippen MR) is 97.8 cm³/mol. The van der Waals surface area contributed by atoms with Gasteiger partial charge in [-0.25, -0.2) is 22.9 Å². The number of primary sulfonamides is 1. The summed E-state index contributed by atoms with van der Waals surface area (Å²) in [4.78, 5) is 4.54. The van der Waals surface area contributed by atoms with Crippen LogP contribution in [-0.4, -0.2) is 18.0 Å². The van der Waals surface area contributed by atoms with Crippen molar-refractivity contribution in [3.05, 3.63) is 52.8 Å². The highest BCUT2D eigenvalue weighted by Crippen LogP contribution is 2.30. The topological polar surface area (TPSA) is 78.0 Å². The van der Waals surface area contributed by atoms with Gasteiger partial charge in [-0.3, -0.25) is 0 Å². The van der Waals surface area contributed by atoms with Crippen LogP contribution in [0.3, 0.4) is 0 Å². The average molecular weight is 400 g/mol. The van der Waals surface area contributed by atoms with Gasteiger partial charge >= 0.3 is 0 Å². The Hall–Kier alpha value is -1.61. The molecule has 0 aliphatic rings. The number of aromatic nitrogens is 2. The zero-order valence-electron chi connectivity index (χ0n) is 13.2. The Bertz CT molecular complexity index is 1050. The monoisotopic (exact) mass is 399 g/mol. The molecule has 0 atom stereocenters. The minimum Gasteiger partial charge on any atom is -0.319 e. The van der Waals surface area contributed by atoms with Crippen molar-refractivity contribution in [3.8, 4) is 0 Å². The van der Waals surface area contributed by atoms with Crippen LogP contribution in [0, 0.1) is 5.82 Å². The van der Waals surface area contributed by atoms with Crippen LogP contribution in [0.5, 0.6) is 0 Å². The van der Waals surface area contributed by atoms with E-state index in [1.165, 1.54) is 36.0 Å². The molecule has 0 aliphatic carbocycles. The number of thioether (sulfide) groups is 1. The van der Waals surface area contributed by atoms with E-state index in [2.05, 4.69) is 4.98 Å². The van der Waals surface area contributed by atoms with Gasteiger partial charge < -0.3 is 4.57 Å². The molecule has 0 radical (unpaired) electrons. The van der Waals surface area contributed by atoms with E-state index in [1.807, 2.05) is 11.5 Å². The second-order valence-electron chi connectivity index (χ2n) is 5.36. The molecule has 132 valence electrons. The van der Waals surface area contributed by atoms with Gasteiger partial charge in [-0.1, -0.05) is 29.4 Å². The minimum atomic E-state index is -3.78. The lowest BCUT2D eigenvalue weighted by molar-refractivity contribution is 0.598. The molecular weight excluding hydrogens is 385 g/mol. The fourth-order valence-corrected chi connectivity index (χ4v) is 4.39. The Morgan fingerprint density at radius 1 is 1.28 bits per heavy atom. The molecule has 0 saturated carbocycles. The van der Waals surface area contributed by atoms with Crippen LogP contribution in [0.4, 0.5) is 4.39 Å². The Morgan fingerprint density at radius 3 is 2.68 bits per heavy atom. The van der Waals surface area contributed by atoms with Gasteiger partial charge in [-0.2, -0.15) is 0 Å². The molecule has 0 spiro atoms. The van der Waals surface area contributed by atoms with E-state index < -0.39 is 10.0 Å². The first-order chi connectivity index (χ1) is 11.8. The van der Waals surface area contributed by atoms with E-state index in [-0.39, 0.29) is 10.7 Å². The fourth-order valence-electron chi connectivity index (χ4n) is 2.46. The van der Waals surface area contributed by atoms with Crippen LogP contribution in [0.1, 0.15) is 12.5 Å². The van der Waals surface area contributed by atoms with Crippen molar-refractivity contribution >= 4 is 44.4 Å². The molecule has 1 heterocycles. The Balaban J connectivity index is 1.95. The van der Waals surface area contributed by atoms with Crippen LogP contribution < -0.4 is 5.14 Å². The van der Waals surface area contributed by atoms with E-state index in [9.17, 15) is 12.8 Å². The van der Waals surface area contributed by atoms with E-state index >= 15 is 0 Å². The number of hydrogen-bond donors (Lipinski definition) is 1. The number of nitrogens with zero attached hydrogens (tertiary/aromatic N) is 2. The maximum atomic E-state index is 13.1. The second-order valence-corrected chi connectivity index (χ2v) is 8.27. The summed E-state index contributed by atoms with van der Waals surface area (Å²) >= 11 is 7.51. The molecule has 1 aromatic heterocycles. The van der Waals surface area contributed by atoms with Crippen molar-refractivity contribution in [2.24, 2.45) is 5.14 Å². The predicted octanol–water partition coefficient (Wildman–Crippen LogP) is 3.79. The standard InChI is InChI=1S/C16H15ClFN3O2S2/c1-2-21-15-6-5-12(25(19,22)23)8-14(15)20-16(21)24-9-10-3-4-11(18)7-13(10)17/h3-8H,2,9H2,1H3,(H2,19,22,23). The normalized spacial score (nSPS) is 12.0. The van der Waals surface area contributed by atoms with Crippen LogP contribution in [-0.2, 0) is 22.3 Å². The van der Waals surface area contributed by atoms with Crippen LogP contribution in [0.2, 0.25) is 5.02 Å². The van der Waals surface area contributed by atoms with Gasteiger partial charge in [0.1, 0.15) is 5.82 Å². The van der Waals surface area contributed by atoms with Crippen LogP contribution in [0.15, 0.2) is 46.5 Å². The third kappa shape index (κ3) is 3.82. The third-order valence-corrected chi connectivity index (χ3v) is 5.99. The number of benzene rings is 2. The molecule has 0 bridgehead atoms. The minimum absolute atomic E-state index is 0.0267. The smallest absolute Gasteiger partial charge is 0.238 e. The van der Waals surface area contributed by atoms with Gasteiger partial charge in [0.05, 0.1) is 15.9 Å². The van der Waals surface area contributed by atoms with Gasteiger partial charge in [0, 0.05) is 17.3 Å². The van der Waals surface area contributed by atoms with Gasteiger partial charge in [-0.05, 0) is 42.8 Å². The largest absolute Gasteiger partial charge is 0.319 e. The number of nitrogens with two attached hydrogens (primary N) is 1. The number of halogens is 2. The maximum Gasteiger partial charge on any atom is 0.238 e. The molecule has 0 unspecified atom stereocenters. The maximum absolute atomic E-state index is 13.1. The van der Waals surface area contributed by atoms with Crippen molar-refractivity contribution in [1.29, 1.82) is 0 Å². The average Bonchev–Trinajstić information content (AvgIpc) is 2.89. The highest BCUT2D eigenvalue weighted by molar-refractivity contribution is 7.98. The molecule has 2 aromatic carbocycles. The quantitative estimate of drug-likeness (QED) is 0.662. The molecule has 3 rings (SSSR count). The SMILES string of the molecule is CCn1c(SCc2ccc(F)cc2Cl)nc2cc(S(N)(=O)=O)ccc21. The zero-order valence-corrected chi connectivity index (χ0v) is 15.6. The van der Waals surface area contributed by atoms with Gasteiger partial charge in [0.25, 0.3) is 0 Å². The Labute approximate surface area is 154 Å². The summed E-state index contributed by atoms with van der Waals surface area (Å²) in [6.07, 6.45) is 0. The molecule has 0 fully saturated rings. The number of rotatable bonds is 5. The highest BCUT2D eigenvalue weighted by atomic mass is 35.5. The summed E-state index contributed by atoms with van der Waals surface area (Å²) in [7, 11) is -3.78. The number of sulfonamides is 1. The van der Waals surface area contributed by atoms with Crippen LogP contribution >= 0.6 is 23.4 Å². The van der Waals surface area contributed by atoms with Gasteiger partial charge in [-0.15, -0.1) is 0 Å². The number of imidazole rings is 1. The molecule has 2 N–H and O–H groups in total. The first-order valence-corrected chi connectivity index (χ1v) is 10.3. The van der Waals surface area contributed by atoms with Gasteiger partial charge in [0.15, 0.2) is 5.16 Å². The second kappa shape index (κ2) is 6.95. The zero-order chi connectivity index (χ0) is 18.2. The summed E-state index contributed by atoms with van der Waals surface area (Å²) in [6, 6.07) is 8.91. The summed E-state index contributed by atoms with van der Waals surface area (Å²) in [5.41, 5.74) is 2.18. The van der Waals surface area contributed by atoms with Crippen molar-refractivity contribution in [2.45, 2.75) is 29.3 Å². The number of aryl methyl sites for hydroxylation is 1. The molecular formula is C16H15ClFN3O2S2. The van der Waals surface area contributed by atoms with Crippen molar-refractivity contribution in [1.82, 2.24) is 9.55 Å². The summed E-state index contributed by atoms with van der Waals surface area (Å²) < 4.78 is 38.1. The lowest BCUT2D eigenvalue weighted by atomic mass is 10.2. The van der Waals surface area contributed by atoms with E-state index in [0.717, 1.165) is 16.2 Å².